The second-order valence-electron chi connectivity index (χ2n) is 15.8. The van der Waals surface area contributed by atoms with Gasteiger partial charge in [-0.05, 0) is 165 Å². The van der Waals surface area contributed by atoms with Crippen LogP contribution in [0.2, 0.25) is 0 Å². The summed E-state index contributed by atoms with van der Waals surface area (Å²) in [5.74, 6) is 2.33. The second-order valence-corrected chi connectivity index (χ2v) is 15.8. The standard InChI is InChI=1S/C47H47N3/c48-30-31-15-22-37(23-16-31)49(35-9-3-1-4-10-35)44-27-20-33-18-25-40-38(24-17-32-19-26-41(44)47(33)46(32)40)34-21-28-45-42(29-34)39-13-7-8-14-43(39)50(45)36-11-5-2-6-12-36/h1,3,5,8-9,11-12,14-15,18-19,21,25-26,28-29,32-33,37,46-47H,2,4,6-7,10,13,16-17,20,22-24,27H2. The van der Waals surface area contributed by atoms with E-state index < -0.39 is 0 Å². The summed E-state index contributed by atoms with van der Waals surface area (Å²) in [4.78, 5) is 2.78. The summed E-state index contributed by atoms with van der Waals surface area (Å²) in [6.07, 6.45) is 45.8. The average molecular weight is 654 g/mol. The fourth-order valence-electron chi connectivity index (χ4n) is 11.0. The molecule has 0 bridgehead atoms. The van der Waals surface area contributed by atoms with Crippen molar-refractivity contribution >= 4 is 28.2 Å². The number of hydrogen-bond acceptors (Lipinski definition) is 2. The van der Waals surface area contributed by atoms with E-state index in [0.29, 0.717) is 29.7 Å². The fraction of sp³-hybridized carbons (Fsp3) is 0.383. The van der Waals surface area contributed by atoms with Gasteiger partial charge in [0, 0.05) is 39.8 Å². The quantitative estimate of drug-likeness (QED) is 0.322. The number of hydrogen-bond donors (Lipinski definition) is 0. The van der Waals surface area contributed by atoms with Gasteiger partial charge in [0.25, 0.3) is 0 Å². The molecule has 0 spiro atoms. The maximum absolute atomic E-state index is 9.61. The molecule has 1 aromatic carbocycles. The molecule has 0 N–H and O–H groups in total. The van der Waals surface area contributed by atoms with Crippen LogP contribution in [-0.2, 0) is 6.42 Å². The minimum absolute atomic E-state index is 0.436. The van der Waals surface area contributed by atoms with Crippen molar-refractivity contribution in [1.29, 1.82) is 5.26 Å². The molecule has 2 aromatic rings. The Morgan fingerprint density at radius 1 is 0.760 bits per heavy atom. The molecule has 250 valence electrons. The molecule has 0 aliphatic heterocycles. The van der Waals surface area contributed by atoms with E-state index in [2.05, 4.69) is 113 Å². The molecule has 1 heterocycles. The van der Waals surface area contributed by atoms with E-state index in [0.717, 1.165) is 76.2 Å². The largest absolute Gasteiger partial charge is 0.345 e. The Bertz CT molecular complexity index is 2140. The van der Waals surface area contributed by atoms with Crippen LogP contribution in [0.5, 0.6) is 0 Å². The van der Waals surface area contributed by atoms with Crippen LogP contribution in [0.15, 0.2) is 119 Å². The highest BCUT2D eigenvalue weighted by Gasteiger charge is 2.47. The maximum atomic E-state index is 9.61. The molecule has 0 saturated carbocycles. The summed E-state index contributed by atoms with van der Waals surface area (Å²) >= 11 is 0. The highest BCUT2D eigenvalue weighted by atomic mass is 15.2. The molecule has 50 heavy (non-hydrogen) atoms. The first-order valence-electron chi connectivity index (χ1n) is 19.5. The normalized spacial score (nSPS) is 29.3. The van der Waals surface area contributed by atoms with E-state index in [1.807, 2.05) is 0 Å². The van der Waals surface area contributed by atoms with Crippen molar-refractivity contribution in [1.82, 2.24) is 9.47 Å². The molecule has 0 amide bonds. The molecular formula is C47H47N3. The zero-order valence-electron chi connectivity index (χ0n) is 29.2. The third kappa shape index (κ3) is 4.82. The van der Waals surface area contributed by atoms with E-state index in [-0.39, 0.29) is 0 Å². The highest BCUT2D eigenvalue weighted by Crippen LogP contribution is 2.57. The van der Waals surface area contributed by atoms with E-state index >= 15 is 0 Å². The van der Waals surface area contributed by atoms with Crippen LogP contribution in [-0.4, -0.2) is 15.5 Å². The summed E-state index contributed by atoms with van der Waals surface area (Å²) in [5.41, 5.74) is 15.9. The zero-order chi connectivity index (χ0) is 33.2. The lowest BCUT2D eigenvalue weighted by atomic mass is 9.55. The molecule has 3 heteroatoms. The van der Waals surface area contributed by atoms with Gasteiger partial charge in [-0.2, -0.15) is 5.26 Å². The molecule has 5 unspecified atom stereocenters. The van der Waals surface area contributed by atoms with Crippen LogP contribution in [0.3, 0.4) is 0 Å². The number of nitriles is 1. The smallest absolute Gasteiger partial charge is 0.0943 e. The monoisotopic (exact) mass is 653 g/mol. The Balaban J connectivity index is 1.07. The molecule has 0 radical (unpaired) electrons. The number of aryl methyl sites for hydroxylation is 1. The first-order chi connectivity index (χ1) is 24.8. The third-order valence-electron chi connectivity index (χ3n) is 13.2. The van der Waals surface area contributed by atoms with Crippen LogP contribution in [0.25, 0.3) is 28.2 Å². The summed E-state index contributed by atoms with van der Waals surface area (Å²) in [6.45, 7) is 0. The molecule has 3 nitrogen and oxygen atoms in total. The fourth-order valence-corrected chi connectivity index (χ4v) is 11.0. The Morgan fingerprint density at radius 3 is 2.40 bits per heavy atom. The second kappa shape index (κ2) is 12.3. The number of benzene rings is 1. The van der Waals surface area contributed by atoms with Crippen molar-refractivity contribution in [3.05, 3.63) is 136 Å². The number of fused-ring (bicyclic) bond motifs is 3. The number of nitrogens with zero attached hydrogens (tertiary/aromatic N) is 3. The third-order valence-corrected chi connectivity index (χ3v) is 13.2. The number of allylic oxidation sites excluding steroid dienone is 18. The molecule has 0 fully saturated rings. The van der Waals surface area contributed by atoms with Gasteiger partial charge < -0.3 is 9.47 Å². The summed E-state index contributed by atoms with van der Waals surface area (Å²) in [5, 5.41) is 11.1. The van der Waals surface area contributed by atoms with Crippen molar-refractivity contribution in [2.24, 2.45) is 23.7 Å². The van der Waals surface area contributed by atoms with Crippen molar-refractivity contribution in [3.63, 3.8) is 0 Å². The van der Waals surface area contributed by atoms with Crippen molar-refractivity contribution in [2.75, 3.05) is 0 Å². The van der Waals surface area contributed by atoms with Gasteiger partial charge in [-0.15, -0.1) is 0 Å². The first-order valence-corrected chi connectivity index (χ1v) is 19.5. The maximum Gasteiger partial charge on any atom is 0.0943 e. The number of aromatic nitrogens is 1. The van der Waals surface area contributed by atoms with Crippen molar-refractivity contribution < 1.29 is 0 Å². The predicted octanol–water partition coefficient (Wildman–Crippen LogP) is 11.5. The van der Waals surface area contributed by atoms with Crippen LogP contribution in [0.4, 0.5) is 0 Å². The molecule has 8 aliphatic rings. The van der Waals surface area contributed by atoms with Gasteiger partial charge >= 0.3 is 0 Å². The lowest BCUT2D eigenvalue weighted by molar-refractivity contribution is 0.201. The molecule has 8 aliphatic carbocycles. The van der Waals surface area contributed by atoms with Crippen LogP contribution in [0.1, 0.15) is 93.9 Å². The predicted molar refractivity (Wildman–Crippen MR) is 206 cm³/mol. The van der Waals surface area contributed by atoms with Crippen molar-refractivity contribution in [3.8, 4) is 6.07 Å². The lowest BCUT2D eigenvalue weighted by Crippen LogP contribution is -2.43. The zero-order valence-corrected chi connectivity index (χ0v) is 29.2. The Labute approximate surface area is 297 Å². The average Bonchev–Trinajstić information content (AvgIpc) is 3.52. The molecule has 10 rings (SSSR count). The molecule has 5 atom stereocenters. The molecular weight excluding hydrogens is 607 g/mol. The van der Waals surface area contributed by atoms with Crippen molar-refractivity contribution in [2.45, 2.75) is 89.5 Å². The van der Waals surface area contributed by atoms with Gasteiger partial charge in [-0.3, -0.25) is 0 Å². The van der Waals surface area contributed by atoms with E-state index in [1.165, 1.54) is 52.0 Å². The van der Waals surface area contributed by atoms with E-state index in [9.17, 15) is 5.26 Å². The highest BCUT2D eigenvalue weighted by molar-refractivity contribution is 5.95. The Kier molecular flexibility index (Phi) is 7.48. The topological polar surface area (TPSA) is 32.0 Å². The van der Waals surface area contributed by atoms with Gasteiger partial charge in [-0.25, -0.2) is 0 Å². The first kappa shape index (κ1) is 30.3. The lowest BCUT2D eigenvalue weighted by Gasteiger charge is -2.51. The van der Waals surface area contributed by atoms with E-state index in [1.54, 1.807) is 22.4 Å². The Morgan fingerprint density at radius 2 is 1.60 bits per heavy atom. The summed E-state index contributed by atoms with van der Waals surface area (Å²) in [7, 11) is 0. The Hall–Kier alpha value is -4.55. The van der Waals surface area contributed by atoms with Gasteiger partial charge in [0.15, 0.2) is 0 Å². The van der Waals surface area contributed by atoms with Gasteiger partial charge in [0.2, 0.25) is 0 Å². The van der Waals surface area contributed by atoms with Crippen LogP contribution >= 0.6 is 0 Å². The minimum atomic E-state index is 0.436. The van der Waals surface area contributed by atoms with Gasteiger partial charge in [0.05, 0.1) is 11.6 Å². The van der Waals surface area contributed by atoms with Crippen LogP contribution in [0, 0.1) is 35.0 Å². The van der Waals surface area contributed by atoms with Crippen LogP contribution < -0.4 is 0 Å². The molecule has 1 aromatic heterocycles. The summed E-state index contributed by atoms with van der Waals surface area (Å²) in [6, 6.07) is 10.3. The van der Waals surface area contributed by atoms with E-state index in [4.69, 9.17) is 0 Å². The van der Waals surface area contributed by atoms with Gasteiger partial charge in [-0.1, -0.05) is 66.8 Å². The number of rotatable bonds is 5. The minimum Gasteiger partial charge on any atom is -0.345 e. The van der Waals surface area contributed by atoms with Gasteiger partial charge in [0.1, 0.15) is 0 Å². The summed E-state index contributed by atoms with van der Waals surface area (Å²) < 4.78 is 2.53. The molecule has 0 saturated heterocycles. The SMILES string of the molecule is N#CC1=CCC(N(C2=CC=CCC2)C2=C3C=CC4CCC(c5ccc6c(c5)c5c(n6C6=CCCC=C6)C=CCC5)=C5C=CC(CC2)C3C54)CC1.